The highest BCUT2D eigenvalue weighted by Crippen LogP contribution is 2.31. The number of carbonyl (C=O) groups is 1. The van der Waals surface area contributed by atoms with E-state index in [1.807, 2.05) is 78.2 Å². The lowest BCUT2D eigenvalue weighted by molar-refractivity contribution is -0.115. The highest BCUT2D eigenvalue weighted by Gasteiger charge is 2.25. The number of para-hydroxylation sites is 1. The molecule has 0 aliphatic carbocycles. The van der Waals surface area contributed by atoms with Crippen LogP contribution in [0.5, 0.6) is 0 Å². The molecule has 5 rings (SSSR count). The Kier molecular flexibility index (Phi) is 7.45. The molecule has 3 aromatic carbocycles. The first-order valence-electron chi connectivity index (χ1n) is 12.3. The monoisotopic (exact) mass is 558 g/mol. The minimum absolute atomic E-state index is 0.249. The van der Waals surface area contributed by atoms with Crippen molar-refractivity contribution in [2.75, 3.05) is 5.32 Å². The van der Waals surface area contributed by atoms with Crippen LogP contribution in [-0.2, 0) is 11.8 Å². The van der Waals surface area contributed by atoms with Gasteiger partial charge in [-0.3, -0.25) is 18.8 Å². The van der Waals surface area contributed by atoms with E-state index in [1.165, 1.54) is 16.4 Å². The number of benzene rings is 3. The van der Waals surface area contributed by atoms with Crippen molar-refractivity contribution in [1.29, 1.82) is 0 Å². The smallest absolute Gasteiger partial charge is 0.295 e. The predicted octanol–water partition coefficient (Wildman–Crippen LogP) is 5.81. The number of nitrogens with one attached hydrogen (secondary N) is 1. The predicted molar refractivity (Wildman–Crippen MR) is 156 cm³/mol. The van der Waals surface area contributed by atoms with Gasteiger partial charge in [0, 0.05) is 23.3 Å². The molecule has 5 aromatic rings. The topological polar surface area (TPSA) is 86.7 Å². The van der Waals surface area contributed by atoms with Gasteiger partial charge in [-0.25, -0.2) is 4.68 Å². The van der Waals surface area contributed by atoms with Gasteiger partial charge >= 0.3 is 0 Å². The van der Waals surface area contributed by atoms with Crippen LogP contribution in [0.4, 0.5) is 5.69 Å². The Hall–Kier alpha value is -4.08. The molecule has 8 nitrogen and oxygen atoms in total. The van der Waals surface area contributed by atoms with Gasteiger partial charge < -0.3 is 5.32 Å². The number of nitrogens with zero attached hydrogens (tertiary/aromatic N) is 5. The Morgan fingerprint density at radius 1 is 0.949 bits per heavy atom. The van der Waals surface area contributed by atoms with E-state index in [9.17, 15) is 9.59 Å². The van der Waals surface area contributed by atoms with Gasteiger partial charge in [0.2, 0.25) is 5.91 Å². The lowest BCUT2D eigenvalue weighted by Gasteiger charge is -2.14. The summed E-state index contributed by atoms with van der Waals surface area (Å²) in [7, 11) is 1.79. The van der Waals surface area contributed by atoms with Crippen LogP contribution in [0.1, 0.15) is 18.2 Å². The minimum atomic E-state index is -0.574. The highest BCUT2D eigenvalue weighted by atomic mass is 35.5. The molecular formula is C29H27ClN6O2S. The fourth-order valence-electron chi connectivity index (χ4n) is 4.29. The van der Waals surface area contributed by atoms with Crippen LogP contribution >= 0.6 is 23.4 Å². The molecule has 1 atom stereocenters. The number of aromatic nitrogens is 5. The summed E-state index contributed by atoms with van der Waals surface area (Å²) in [6, 6.07) is 24.7. The number of amides is 1. The minimum Gasteiger partial charge on any atom is -0.319 e. The second-order valence-electron chi connectivity index (χ2n) is 9.17. The number of thioether (sulfide) groups is 1. The van der Waals surface area contributed by atoms with Crippen molar-refractivity contribution in [3.8, 4) is 22.8 Å². The summed E-state index contributed by atoms with van der Waals surface area (Å²) >= 11 is 7.41. The van der Waals surface area contributed by atoms with E-state index in [-0.39, 0.29) is 17.2 Å². The maximum absolute atomic E-state index is 13.3. The Bertz CT molecular complexity index is 1710. The third-order valence-electron chi connectivity index (χ3n) is 6.45. The van der Waals surface area contributed by atoms with E-state index in [4.69, 9.17) is 11.6 Å². The molecule has 0 radical (unpaired) electrons. The summed E-state index contributed by atoms with van der Waals surface area (Å²) in [4.78, 5) is 26.6. The first-order valence-corrected chi connectivity index (χ1v) is 13.6. The normalized spacial score (nSPS) is 11.9. The molecule has 0 aliphatic heterocycles. The zero-order valence-electron chi connectivity index (χ0n) is 21.9. The average molecular weight is 559 g/mol. The van der Waals surface area contributed by atoms with E-state index in [2.05, 4.69) is 15.5 Å². The van der Waals surface area contributed by atoms with Gasteiger partial charge in [0.1, 0.15) is 5.69 Å². The van der Waals surface area contributed by atoms with Crippen molar-refractivity contribution >= 4 is 35.0 Å². The summed E-state index contributed by atoms with van der Waals surface area (Å²) in [6.07, 6.45) is 0. The van der Waals surface area contributed by atoms with Gasteiger partial charge in [-0.2, -0.15) is 0 Å². The third-order valence-corrected chi connectivity index (χ3v) is 7.74. The molecule has 1 amide bonds. The second kappa shape index (κ2) is 11.0. The molecule has 0 unspecified atom stereocenters. The molecule has 2 aromatic heterocycles. The molecule has 198 valence electrons. The summed E-state index contributed by atoms with van der Waals surface area (Å²) in [5.74, 6) is 0.342. The maximum atomic E-state index is 13.3. The molecule has 0 bridgehead atoms. The fraction of sp³-hybridized carbons (Fsp3) is 0.172. The molecule has 2 heterocycles. The Labute approximate surface area is 235 Å². The molecule has 0 saturated heterocycles. The van der Waals surface area contributed by atoms with Crippen molar-refractivity contribution in [2.45, 2.75) is 31.2 Å². The number of carbonyl (C=O) groups excluding carboxylic acids is 1. The summed E-state index contributed by atoms with van der Waals surface area (Å²) < 4.78 is 5.18. The number of aryl methyl sites for hydroxylation is 1. The molecule has 0 spiro atoms. The van der Waals surface area contributed by atoms with Crippen LogP contribution in [0.25, 0.3) is 22.8 Å². The molecule has 39 heavy (non-hydrogen) atoms. The van der Waals surface area contributed by atoms with Crippen molar-refractivity contribution in [3.63, 3.8) is 0 Å². The zero-order chi connectivity index (χ0) is 27.7. The van der Waals surface area contributed by atoms with Crippen molar-refractivity contribution in [1.82, 2.24) is 24.1 Å². The van der Waals surface area contributed by atoms with Crippen molar-refractivity contribution < 1.29 is 4.79 Å². The highest BCUT2D eigenvalue weighted by molar-refractivity contribution is 8.00. The van der Waals surface area contributed by atoms with Crippen LogP contribution in [0, 0.1) is 13.8 Å². The summed E-state index contributed by atoms with van der Waals surface area (Å²) in [5, 5.41) is 12.3. The Balaban J connectivity index is 1.45. The zero-order valence-corrected chi connectivity index (χ0v) is 23.5. The molecule has 0 fully saturated rings. The second-order valence-corrected chi connectivity index (χ2v) is 10.9. The van der Waals surface area contributed by atoms with Crippen LogP contribution in [-0.4, -0.2) is 35.3 Å². The van der Waals surface area contributed by atoms with E-state index >= 15 is 0 Å². The molecular weight excluding hydrogens is 532 g/mol. The molecule has 1 N–H and O–H groups in total. The summed E-state index contributed by atoms with van der Waals surface area (Å²) in [6.45, 7) is 5.60. The number of rotatable bonds is 7. The Morgan fingerprint density at radius 2 is 1.67 bits per heavy atom. The molecule has 0 saturated carbocycles. The van der Waals surface area contributed by atoms with Gasteiger partial charge in [0.05, 0.1) is 16.6 Å². The van der Waals surface area contributed by atoms with Crippen molar-refractivity contribution in [3.05, 3.63) is 105 Å². The number of hydrogen-bond acceptors (Lipinski definition) is 5. The SMILES string of the molecule is Cc1cccc(-c2nnc(S[C@@H](C)C(=O)Nc3c(C)n(C)n(-c4ccccc4)c3=O)n2-c2ccc(Cl)cc2)c1. The number of anilines is 1. The van der Waals surface area contributed by atoms with E-state index in [0.717, 1.165) is 22.5 Å². The van der Waals surface area contributed by atoms with E-state index in [1.54, 1.807) is 37.7 Å². The lowest BCUT2D eigenvalue weighted by atomic mass is 10.1. The first kappa shape index (κ1) is 26.5. The molecule has 0 aliphatic rings. The van der Waals surface area contributed by atoms with Crippen LogP contribution < -0.4 is 10.9 Å². The largest absolute Gasteiger partial charge is 0.319 e. The summed E-state index contributed by atoms with van der Waals surface area (Å²) in [5.41, 5.74) is 4.15. The van der Waals surface area contributed by atoms with Gasteiger partial charge in [-0.15, -0.1) is 10.2 Å². The number of hydrogen-bond donors (Lipinski definition) is 1. The fourth-order valence-corrected chi connectivity index (χ4v) is 5.28. The van der Waals surface area contributed by atoms with Gasteiger partial charge in [-0.1, -0.05) is 65.3 Å². The lowest BCUT2D eigenvalue weighted by Crippen LogP contribution is -2.27. The molecule has 10 heteroatoms. The first-order chi connectivity index (χ1) is 18.7. The maximum Gasteiger partial charge on any atom is 0.295 e. The van der Waals surface area contributed by atoms with Gasteiger partial charge in [0.15, 0.2) is 11.0 Å². The van der Waals surface area contributed by atoms with E-state index < -0.39 is 5.25 Å². The van der Waals surface area contributed by atoms with Gasteiger partial charge in [-0.05, 0) is 63.2 Å². The van der Waals surface area contributed by atoms with Crippen LogP contribution in [0.15, 0.2) is 88.8 Å². The third kappa shape index (κ3) is 5.28. The van der Waals surface area contributed by atoms with Gasteiger partial charge in [0.25, 0.3) is 5.56 Å². The van der Waals surface area contributed by atoms with Crippen LogP contribution in [0.2, 0.25) is 5.02 Å². The van der Waals surface area contributed by atoms with E-state index in [0.29, 0.717) is 21.7 Å². The number of halogens is 1. The quantitative estimate of drug-likeness (QED) is 0.255. The average Bonchev–Trinajstić information content (AvgIpc) is 3.43. The Morgan fingerprint density at radius 3 is 2.36 bits per heavy atom. The standard InChI is InChI=1S/C29H27ClN6O2S/c1-18-9-8-10-21(17-18)26-32-33-29(35(26)23-15-13-22(30)14-16-23)39-20(3)27(37)31-25-19(2)34(4)36(28(25)38)24-11-6-5-7-12-24/h5-17,20H,1-4H3,(H,31,37)/t20-/m0/s1. The van der Waals surface area contributed by atoms with Crippen LogP contribution in [0.3, 0.4) is 0 Å². The van der Waals surface area contributed by atoms with Crippen molar-refractivity contribution in [2.24, 2.45) is 7.05 Å².